The molecule has 5 nitrogen and oxygen atoms in total. The highest BCUT2D eigenvalue weighted by Crippen LogP contribution is 2.25. The summed E-state index contributed by atoms with van der Waals surface area (Å²) < 4.78 is 45.3. The Balaban J connectivity index is 2.15. The third kappa shape index (κ3) is 4.75. The Labute approximate surface area is 136 Å². The third-order valence-electron chi connectivity index (χ3n) is 3.93. The number of ether oxygens (including phenoxy) is 1. The van der Waals surface area contributed by atoms with Crippen LogP contribution in [0, 0.1) is 5.82 Å². The molecule has 1 fully saturated rings. The molecule has 128 valence electrons. The molecule has 1 atom stereocenters. The molecule has 1 heterocycles. The van der Waals surface area contributed by atoms with Gasteiger partial charge in [0.25, 0.3) is 0 Å². The van der Waals surface area contributed by atoms with E-state index in [0.717, 1.165) is 12.8 Å². The van der Waals surface area contributed by atoms with Crippen LogP contribution in [-0.2, 0) is 25.3 Å². The number of carbonyl (C=O) groups is 1. The summed E-state index contributed by atoms with van der Waals surface area (Å²) in [5.41, 5.74) is 0.146. The Morgan fingerprint density at radius 1 is 1.35 bits per heavy atom. The van der Waals surface area contributed by atoms with E-state index in [-0.39, 0.29) is 24.3 Å². The van der Waals surface area contributed by atoms with E-state index < -0.39 is 27.9 Å². The average Bonchev–Trinajstić information content (AvgIpc) is 2.50. The number of halogens is 1. The van der Waals surface area contributed by atoms with Gasteiger partial charge >= 0.3 is 5.97 Å². The number of nitrogens with zero attached hydrogens (tertiary/aromatic N) is 1. The van der Waals surface area contributed by atoms with Crippen LogP contribution in [0.4, 0.5) is 4.39 Å². The molecule has 0 saturated carbocycles. The highest BCUT2D eigenvalue weighted by atomic mass is 32.2. The van der Waals surface area contributed by atoms with Crippen LogP contribution in [0.25, 0.3) is 0 Å². The standard InChI is InChI=1S/C16H22FNO4S/c1-2-22-16(19)11-14-8-5-6-10-18(14)23(20,21)12-13-7-3-4-9-15(13)17/h3-4,7,9,14H,2,5-6,8,10-12H2,1H3/t14-/m0/s1. The first-order valence-corrected chi connectivity index (χ1v) is 9.43. The average molecular weight is 343 g/mol. The lowest BCUT2D eigenvalue weighted by Gasteiger charge is -2.34. The topological polar surface area (TPSA) is 63.7 Å². The van der Waals surface area contributed by atoms with E-state index in [1.54, 1.807) is 13.0 Å². The second kappa shape index (κ2) is 7.88. The van der Waals surface area contributed by atoms with Gasteiger partial charge in [0.1, 0.15) is 5.82 Å². The molecule has 0 spiro atoms. The van der Waals surface area contributed by atoms with Crippen molar-refractivity contribution in [1.29, 1.82) is 0 Å². The number of sulfonamides is 1. The van der Waals surface area contributed by atoms with Gasteiger partial charge in [-0.25, -0.2) is 12.8 Å². The zero-order valence-corrected chi connectivity index (χ0v) is 14.0. The monoisotopic (exact) mass is 343 g/mol. The van der Waals surface area contributed by atoms with Crippen molar-refractivity contribution < 1.29 is 22.3 Å². The Kier molecular flexibility index (Phi) is 6.12. The maximum atomic E-state index is 13.7. The third-order valence-corrected chi connectivity index (χ3v) is 5.80. The summed E-state index contributed by atoms with van der Waals surface area (Å²) >= 11 is 0. The summed E-state index contributed by atoms with van der Waals surface area (Å²) in [5, 5.41) is 0. The van der Waals surface area contributed by atoms with E-state index in [0.29, 0.717) is 13.0 Å². The largest absolute Gasteiger partial charge is 0.466 e. The lowest BCUT2D eigenvalue weighted by molar-refractivity contribution is -0.144. The maximum absolute atomic E-state index is 13.7. The summed E-state index contributed by atoms with van der Waals surface area (Å²) in [6.45, 7) is 2.35. The molecular formula is C16H22FNO4S. The van der Waals surface area contributed by atoms with Crippen molar-refractivity contribution >= 4 is 16.0 Å². The second-order valence-corrected chi connectivity index (χ2v) is 7.54. The summed E-state index contributed by atoms with van der Waals surface area (Å²) in [6, 6.07) is 5.45. The predicted octanol–water partition coefficient (Wildman–Crippen LogP) is 2.46. The van der Waals surface area contributed by atoms with Crippen molar-refractivity contribution in [3.05, 3.63) is 35.6 Å². The fourth-order valence-corrected chi connectivity index (χ4v) is 4.69. The number of carbonyl (C=O) groups excluding carboxylic acids is 1. The molecule has 1 aliphatic heterocycles. The zero-order valence-electron chi connectivity index (χ0n) is 13.2. The Hall–Kier alpha value is -1.47. The first kappa shape index (κ1) is 17.9. The molecule has 7 heteroatoms. The minimum Gasteiger partial charge on any atom is -0.466 e. The molecule has 0 aliphatic carbocycles. The van der Waals surface area contributed by atoms with Crippen molar-refractivity contribution in [2.45, 2.75) is 44.4 Å². The van der Waals surface area contributed by atoms with Gasteiger partial charge in [-0.1, -0.05) is 24.6 Å². The van der Waals surface area contributed by atoms with Crippen LogP contribution in [0.2, 0.25) is 0 Å². The van der Waals surface area contributed by atoms with E-state index >= 15 is 0 Å². The van der Waals surface area contributed by atoms with Gasteiger partial charge in [0.15, 0.2) is 0 Å². The Bertz CT molecular complexity index is 647. The Morgan fingerprint density at radius 3 is 2.78 bits per heavy atom. The highest BCUT2D eigenvalue weighted by Gasteiger charge is 2.34. The van der Waals surface area contributed by atoms with Crippen LogP contribution in [-0.4, -0.2) is 37.9 Å². The maximum Gasteiger partial charge on any atom is 0.307 e. The molecular weight excluding hydrogens is 321 g/mol. The van der Waals surface area contributed by atoms with Gasteiger partial charge in [-0.15, -0.1) is 0 Å². The van der Waals surface area contributed by atoms with Gasteiger partial charge in [0.05, 0.1) is 18.8 Å². The number of hydrogen-bond acceptors (Lipinski definition) is 4. The van der Waals surface area contributed by atoms with Gasteiger partial charge < -0.3 is 4.74 Å². The molecule has 0 radical (unpaired) electrons. The SMILES string of the molecule is CCOC(=O)C[C@@H]1CCCCN1S(=O)(=O)Cc1ccccc1F. The van der Waals surface area contributed by atoms with Crippen molar-refractivity contribution in [1.82, 2.24) is 4.31 Å². The number of hydrogen-bond donors (Lipinski definition) is 0. The number of benzene rings is 1. The first-order chi connectivity index (χ1) is 10.9. The molecule has 1 saturated heterocycles. The molecule has 0 unspecified atom stereocenters. The smallest absolute Gasteiger partial charge is 0.307 e. The fraction of sp³-hybridized carbons (Fsp3) is 0.562. The minimum absolute atomic E-state index is 0.0460. The summed E-state index contributed by atoms with van der Waals surface area (Å²) in [4.78, 5) is 11.7. The van der Waals surface area contributed by atoms with Crippen LogP contribution in [0.15, 0.2) is 24.3 Å². The lowest BCUT2D eigenvalue weighted by atomic mass is 10.0. The van der Waals surface area contributed by atoms with Crippen molar-refractivity contribution in [2.24, 2.45) is 0 Å². The van der Waals surface area contributed by atoms with E-state index in [1.165, 1.54) is 22.5 Å². The van der Waals surface area contributed by atoms with Crippen LogP contribution in [0.3, 0.4) is 0 Å². The van der Waals surface area contributed by atoms with Crippen LogP contribution in [0.1, 0.15) is 38.2 Å². The predicted molar refractivity (Wildman–Crippen MR) is 84.6 cm³/mol. The van der Waals surface area contributed by atoms with Gasteiger partial charge in [0, 0.05) is 18.2 Å². The molecule has 2 rings (SSSR count). The summed E-state index contributed by atoms with van der Waals surface area (Å²) in [5.74, 6) is -1.32. The zero-order chi connectivity index (χ0) is 16.9. The van der Waals surface area contributed by atoms with E-state index in [4.69, 9.17) is 4.74 Å². The van der Waals surface area contributed by atoms with E-state index in [2.05, 4.69) is 0 Å². The van der Waals surface area contributed by atoms with Gasteiger partial charge in [-0.2, -0.15) is 4.31 Å². The number of esters is 1. The molecule has 23 heavy (non-hydrogen) atoms. The normalized spacial score (nSPS) is 19.5. The quantitative estimate of drug-likeness (QED) is 0.745. The van der Waals surface area contributed by atoms with Crippen LogP contribution < -0.4 is 0 Å². The molecule has 1 aromatic carbocycles. The fourth-order valence-electron chi connectivity index (χ4n) is 2.85. The lowest BCUT2D eigenvalue weighted by Crippen LogP contribution is -2.45. The van der Waals surface area contributed by atoms with Crippen molar-refractivity contribution in [3.63, 3.8) is 0 Å². The molecule has 1 aliphatic rings. The molecule has 0 bridgehead atoms. The van der Waals surface area contributed by atoms with Crippen molar-refractivity contribution in [2.75, 3.05) is 13.2 Å². The molecule has 0 aromatic heterocycles. The van der Waals surface area contributed by atoms with Gasteiger partial charge in [-0.3, -0.25) is 4.79 Å². The van der Waals surface area contributed by atoms with Crippen LogP contribution in [0.5, 0.6) is 0 Å². The van der Waals surface area contributed by atoms with Crippen LogP contribution >= 0.6 is 0 Å². The van der Waals surface area contributed by atoms with Crippen molar-refractivity contribution in [3.8, 4) is 0 Å². The molecule has 0 amide bonds. The van der Waals surface area contributed by atoms with Gasteiger partial charge in [0.2, 0.25) is 10.0 Å². The minimum atomic E-state index is -3.68. The number of piperidine rings is 1. The molecule has 1 aromatic rings. The second-order valence-electron chi connectivity index (χ2n) is 5.62. The first-order valence-electron chi connectivity index (χ1n) is 7.82. The number of rotatable bonds is 6. The Morgan fingerprint density at radius 2 is 2.09 bits per heavy atom. The van der Waals surface area contributed by atoms with Gasteiger partial charge in [-0.05, 0) is 25.8 Å². The highest BCUT2D eigenvalue weighted by molar-refractivity contribution is 7.88. The summed E-state index contributed by atoms with van der Waals surface area (Å²) in [7, 11) is -3.68. The van der Waals surface area contributed by atoms with E-state index in [9.17, 15) is 17.6 Å². The van der Waals surface area contributed by atoms with E-state index in [1.807, 2.05) is 0 Å². The summed E-state index contributed by atoms with van der Waals surface area (Å²) in [6.07, 6.45) is 2.28. The molecule has 0 N–H and O–H groups in total.